The van der Waals surface area contributed by atoms with Crippen LogP contribution in [-0.4, -0.2) is 15.2 Å². The fourth-order valence-electron chi connectivity index (χ4n) is 0.821. The van der Waals surface area contributed by atoms with Gasteiger partial charge < -0.3 is 11.5 Å². The second-order valence-corrected chi connectivity index (χ2v) is 4.53. The molecular weight excluding hydrogens is 218 g/mol. The standard InChI is InChI=1S/C7H7N5S2/c8-4-1-2-5(11-6(4)9)14-7-12-10-3-13-7/h1-3H,8H2,(H2,9,11). The van der Waals surface area contributed by atoms with Crippen LogP contribution >= 0.6 is 23.1 Å². The van der Waals surface area contributed by atoms with Gasteiger partial charge in [-0.3, -0.25) is 0 Å². The molecule has 2 aromatic rings. The Hall–Kier alpha value is -1.34. The Morgan fingerprint density at radius 3 is 2.79 bits per heavy atom. The highest BCUT2D eigenvalue weighted by atomic mass is 32.2. The van der Waals surface area contributed by atoms with Crippen molar-refractivity contribution < 1.29 is 0 Å². The van der Waals surface area contributed by atoms with E-state index in [0.29, 0.717) is 11.5 Å². The van der Waals surface area contributed by atoms with Gasteiger partial charge in [-0.25, -0.2) is 4.98 Å². The number of hydrogen-bond donors (Lipinski definition) is 2. The van der Waals surface area contributed by atoms with Crippen LogP contribution in [0.1, 0.15) is 0 Å². The highest BCUT2D eigenvalue weighted by molar-refractivity contribution is 8.00. The molecule has 5 nitrogen and oxygen atoms in total. The summed E-state index contributed by atoms with van der Waals surface area (Å²) in [5.74, 6) is 0.347. The quantitative estimate of drug-likeness (QED) is 0.799. The molecule has 72 valence electrons. The zero-order valence-corrected chi connectivity index (χ0v) is 8.68. The molecule has 0 unspecified atom stereocenters. The van der Waals surface area contributed by atoms with Crippen LogP contribution < -0.4 is 11.5 Å². The second-order valence-electron chi connectivity index (χ2n) is 2.43. The number of rotatable bonds is 2. The first-order valence-corrected chi connectivity index (χ1v) is 5.41. The first-order valence-electron chi connectivity index (χ1n) is 3.72. The van der Waals surface area contributed by atoms with Crippen molar-refractivity contribution in [3.05, 3.63) is 17.6 Å². The normalized spacial score (nSPS) is 10.3. The topological polar surface area (TPSA) is 90.7 Å². The monoisotopic (exact) mass is 225 g/mol. The van der Waals surface area contributed by atoms with Crippen LogP contribution in [0.4, 0.5) is 11.5 Å². The van der Waals surface area contributed by atoms with Gasteiger partial charge in [0, 0.05) is 0 Å². The Bertz CT molecular complexity index is 428. The Morgan fingerprint density at radius 1 is 1.29 bits per heavy atom. The average Bonchev–Trinajstić information content (AvgIpc) is 2.64. The predicted molar refractivity (Wildman–Crippen MR) is 57.1 cm³/mol. The van der Waals surface area contributed by atoms with Gasteiger partial charge in [0.2, 0.25) is 0 Å². The summed E-state index contributed by atoms with van der Waals surface area (Å²) in [4.78, 5) is 4.10. The van der Waals surface area contributed by atoms with Crippen molar-refractivity contribution in [2.45, 2.75) is 9.37 Å². The third-order valence-corrected chi connectivity index (χ3v) is 3.18. The van der Waals surface area contributed by atoms with Crippen LogP contribution in [-0.2, 0) is 0 Å². The molecule has 0 bridgehead atoms. The van der Waals surface area contributed by atoms with Crippen molar-refractivity contribution in [3.63, 3.8) is 0 Å². The summed E-state index contributed by atoms with van der Waals surface area (Å²) in [6.07, 6.45) is 0. The molecule has 0 aliphatic carbocycles. The molecule has 0 spiro atoms. The molecule has 14 heavy (non-hydrogen) atoms. The highest BCUT2D eigenvalue weighted by Gasteiger charge is 2.03. The van der Waals surface area contributed by atoms with E-state index in [-0.39, 0.29) is 0 Å². The molecule has 2 aromatic heterocycles. The summed E-state index contributed by atoms with van der Waals surface area (Å²) in [6, 6.07) is 3.53. The minimum atomic E-state index is 0.347. The Labute approximate surface area is 88.6 Å². The van der Waals surface area contributed by atoms with Crippen molar-refractivity contribution in [1.82, 2.24) is 15.2 Å². The van der Waals surface area contributed by atoms with E-state index in [0.717, 1.165) is 9.37 Å². The van der Waals surface area contributed by atoms with Crippen molar-refractivity contribution in [2.75, 3.05) is 11.5 Å². The first kappa shape index (κ1) is 9.22. The highest BCUT2D eigenvalue weighted by Crippen LogP contribution is 2.28. The van der Waals surface area contributed by atoms with Crippen molar-refractivity contribution >= 4 is 34.6 Å². The van der Waals surface area contributed by atoms with E-state index in [1.54, 1.807) is 17.6 Å². The number of nitrogens with two attached hydrogens (primary N) is 2. The lowest BCUT2D eigenvalue weighted by atomic mass is 10.4. The van der Waals surface area contributed by atoms with Crippen molar-refractivity contribution in [3.8, 4) is 0 Å². The van der Waals surface area contributed by atoms with Crippen LogP contribution in [0.5, 0.6) is 0 Å². The number of nitrogen functional groups attached to an aromatic ring is 2. The molecule has 0 aliphatic rings. The first-order chi connectivity index (χ1) is 6.75. The smallest absolute Gasteiger partial charge is 0.180 e. The van der Waals surface area contributed by atoms with E-state index >= 15 is 0 Å². The van der Waals surface area contributed by atoms with Crippen LogP contribution in [0.15, 0.2) is 27.0 Å². The lowest BCUT2D eigenvalue weighted by molar-refractivity contribution is 1.01. The molecule has 0 radical (unpaired) electrons. The minimum Gasteiger partial charge on any atom is -0.396 e. The average molecular weight is 225 g/mol. The Kier molecular flexibility index (Phi) is 2.51. The molecule has 2 rings (SSSR count). The summed E-state index contributed by atoms with van der Waals surface area (Å²) in [6.45, 7) is 0. The minimum absolute atomic E-state index is 0.347. The summed E-state index contributed by atoms with van der Waals surface area (Å²) < 4.78 is 0.835. The lowest BCUT2D eigenvalue weighted by Crippen LogP contribution is -1.97. The fourth-order valence-corrected chi connectivity index (χ4v) is 2.22. The van der Waals surface area contributed by atoms with Crippen molar-refractivity contribution in [1.29, 1.82) is 0 Å². The van der Waals surface area contributed by atoms with Gasteiger partial charge in [-0.05, 0) is 23.9 Å². The van der Waals surface area contributed by atoms with Crippen LogP contribution in [0.2, 0.25) is 0 Å². The van der Waals surface area contributed by atoms with Gasteiger partial charge in [-0.1, -0.05) is 11.3 Å². The largest absolute Gasteiger partial charge is 0.396 e. The zero-order valence-electron chi connectivity index (χ0n) is 7.04. The maximum absolute atomic E-state index is 5.57. The molecule has 0 saturated heterocycles. The molecule has 0 atom stereocenters. The van der Waals surface area contributed by atoms with Gasteiger partial charge in [-0.15, -0.1) is 10.2 Å². The lowest BCUT2D eigenvalue weighted by Gasteiger charge is -2.00. The van der Waals surface area contributed by atoms with Crippen molar-refractivity contribution in [2.24, 2.45) is 0 Å². The number of pyridine rings is 1. The van der Waals surface area contributed by atoms with Gasteiger partial charge in [-0.2, -0.15) is 0 Å². The van der Waals surface area contributed by atoms with Gasteiger partial charge in [0.25, 0.3) is 0 Å². The van der Waals surface area contributed by atoms with E-state index in [1.807, 2.05) is 0 Å². The van der Waals surface area contributed by atoms with Gasteiger partial charge in [0.05, 0.1) is 5.69 Å². The van der Waals surface area contributed by atoms with E-state index in [9.17, 15) is 0 Å². The van der Waals surface area contributed by atoms with Crippen LogP contribution in [0.3, 0.4) is 0 Å². The maximum Gasteiger partial charge on any atom is 0.180 e. The summed E-state index contributed by atoms with van der Waals surface area (Å²) in [7, 11) is 0. The van der Waals surface area contributed by atoms with Gasteiger partial charge >= 0.3 is 0 Å². The summed E-state index contributed by atoms with van der Waals surface area (Å²) in [5.41, 5.74) is 13.3. The third kappa shape index (κ3) is 1.94. The van der Waals surface area contributed by atoms with Crippen LogP contribution in [0, 0.1) is 0 Å². The molecular formula is C7H7N5S2. The predicted octanol–water partition coefficient (Wildman–Crippen LogP) is 1.25. The summed E-state index contributed by atoms with van der Waals surface area (Å²) in [5, 5.41) is 8.38. The molecule has 0 aliphatic heterocycles. The molecule has 7 heteroatoms. The molecule has 4 N–H and O–H groups in total. The Balaban J connectivity index is 2.22. The SMILES string of the molecule is Nc1ccc(Sc2nncs2)nc1N. The van der Waals surface area contributed by atoms with Gasteiger partial charge in [0.15, 0.2) is 4.34 Å². The second kappa shape index (κ2) is 3.81. The van der Waals surface area contributed by atoms with E-state index < -0.39 is 0 Å². The number of anilines is 2. The third-order valence-electron chi connectivity index (χ3n) is 1.46. The van der Waals surface area contributed by atoms with E-state index in [2.05, 4.69) is 15.2 Å². The molecule has 0 amide bonds. The summed E-state index contributed by atoms with van der Waals surface area (Å²) >= 11 is 2.87. The number of aromatic nitrogens is 3. The molecule has 0 aromatic carbocycles. The molecule has 0 fully saturated rings. The Morgan fingerprint density at radius 2 is 2.14 bits per heavy atom. The number of hydrogen-bond acceptors (Lipinski definition) is 7. The fraction of sp³-hybridized carbons (Fsp3) is 0. The van der Waals surface area contributed by atoms with Gasteiger partial charge in [0.1, 0.15) is 16.4 Å². The molecule has 2 heterocycles. The number of nitrogens with zero attached hydrogens (tertiary/aromatic N) is 3. The van der Waals surface area contributed by atoms with E-state index in [1.165, 1.54) is 23.1 Å². The zero-order chi connectivity index (χ0) is 9.97. The molecule has 0 saturated carbocycles. The van der Waals surface area contributed by atoms with E-state index in [4.69, 9.17) is 11.5 Å². The van der Waals surface area contributed by atoms with Crippen LogP contribution in [0.25, 0.3) is 0 Å². The maximum atomic E-state index is 5.57.